The van der Waals surface area contributed by atoms with E-state index < -0.39 is 17.9 Å². The number of phenols is 1. The number of amides is 1. The van der Waals surface area contributed by atoms with Crippen molar-refractivity contribution < 1.29 is 19.8 Å². The largest absolute Gasteiger partial charge is 0.505 e. The molecule has 1 atom stereocenters. The highest BCUT2D eigenvalue weighted by Crippen LogP contribution is 2.33. The Kier molecular flexibility index (Phi) is 4.81. The SMILES string of the molecule is CC(=O)N[C@@H](Cc1cc(Cl)c(O)c(Cl)c1)C(=O)O. The summed E-state index contributed by atoms with van der Waals surface area (Å²) in [7, 11) is 0. The summed E-state index contributed by atoms with van der Waals surface area (Å²) in [6.07, 6.45) is 0.0225. The second kappa shape index (κ2) is 5.93. The molecule has 3 N–H and O–H groups in total. The van der Waals surface area contributed by atoms with Crippen molar-refractivity contribution in [2.75, 3.05) is 0 Å². The zero-order chi connectivity index (χ0) is 13.9. The van der Waals surface area contributed by atoms with Crippen molar-refractivity contribution >= 4 is 35.1 Å². The Labute approximate surface area is 113 Å². The normalized spacial score (nSPS) is 11.9. The molecule has 0 saturated carbocycles. The second-order valence-corrected chi connectivity index (χ2v) is 4.52. The van der Waals surface area contributed by atoms with Gasteiger partial charge in [-0.25, -0.2) is 4.79 Å². The van der Waals surface area contributed by atoms with Gasteiger partial charge in [-0.2, -0.15) is 0 Å². The first kappa shape index (κ1) is 14.6. The molecule has 0 aromatic heterocycles. The number of hydrogen-bond acceptors (Lipinski definition) is 3. The van der Waals surface area contributed by atoms with E-state index in [9.17, 15) is 14.7 Å². The highest BCUT2D eigenvalue weighted by atomic mass is 35.5. The Morgan fingerprint density at radius 1 is 1.33 bits per heavy atom. The number of benzene rings is 1. The first-order valence-corrected chi connectivity index (χ1v) is 5.73. The molecule has 0 aliphatic heterocycles. The highest BCUT2D eigenvalue weighted by molar-refractivity contribution is 6.37. The van der Waals surface area contributed by atoms with Crippen molar-refractivity contribution in [3.8, 4) is 5.75 Å². The lowest BCUT2D eigenvalue weighted by Gasteiger charge is -2.14. The fraction of sp³-hybridized carbons (Fsp3) is 0.273. The number of carbonyl (C=O) groups excluding carboxylic acids is 1. The van der Waals surface area contributed by atoms with Crippen LogP contribution in [0.3, 0.4) is 0 Å². The smallest absolute Gasteiger partial charge is 0.326 e. The lowest BCUT2D eigenvalue weighted by molar-refractivity contribution is -0.141. The van der Waals surface area contributed by atoms with Gasteiger partial charge < -0.3 is 15.5 Å². The molecule has 0 radical (unpaired) electrons. The maximum atomic E-state index is 10.9. The maximum Gasteiger partial charge on any atom is 0.326 e. The van der Waals surface area contributed by atoms with E-state index >= 15 is 0 Å². The Morgan fingerprint density at radius 3 is 2.22 bits per heavy atom. The van der Waals surface area contributed by atoms with Crippen LogP contribution in [0.4, 0.5) is 0 Å². The quantitative estimate of drug-likeness (QED) is 0.790. The van der Waals surface area contributed by atoms with Crippen LogP contribution in [0.15, 0.2) is 12.1 Å². The van der Waals surface area contributed by atoms with Crippen LogP contribution in [-0.4, -0.2) is 28.1 Å². The number of carboxylic acids is 1. The predicted octanol–water partition coefficient (Wildman–Crippen LogP) is 1.83. The van der Waals surface area contributed by atoms with Crippen molar-refractivity contribution in [1.29, 1.82) is 0 Å². The van der Waals surface area contributed by atoms with Gasteiger partial charge in [0.1, 0.15) is 6.04 Å². The molecule has 0 fully saturated rings. The summed E-state index contributed by atoms with van der Waals surface area (Å²) in [5.74, 6) is -1.86. The molecule has 0 spiro atoms. The number of aromatic hydroxyl groups is 1. The molecular weight excluding hydrogens is 281 g/mol. The molecule has 0 saturated heterocycles. The number of aliphatic carboxylic acids is 1. The number of rotatable bonds is 4. The van der Waals surface area contributed by atoms with E-state index in [1.165, 1.54) is 19.1 Å². The van der Waals surface area contributed by atoms with E-state index in [1.54, 1.807) is 0 Å². The van der Waals surface area contributed by atoms with Crippen molar-refractivity contribution in [3.05, 3.63) is 27.7 Å². The number of hydrogen-bond donors (Lipinski definition) is 3. The van der Waals surface area contributed by atoms with Crippen molar-refractivity contribution in [2.45, 2.75) is 19.4 Å². The average Bonchev–Trinajstić information content (AvgIpc) is 2.24. The first-order chi connectivity index (χ1) is 8.31. The minimum atomic E-state index is -1.16. The summed E-state index contributed by atoms with van der Waals surface area (Å²) >= 11 is 11.4. The molecular formula is C11H11Cl2NO4. The molecule has 5 nitrogen and oxygen atoms in total. The third-order valence-electron chi connectivity index (χ3n) is 2.19. The number of halogens is 2. The van der Waals surface area contributed by atoms with Crippen molar-refractivity contribution in [1.82, 2.24) is 5.32 Å². The van der Waals surface area contributed by atoms with Crippen LogP contribution in [0.25, 0.3) is 0 Å². The Morgan fingerprint density at radius 2 is 1.83 bits per heavy atom. The molecule has 98 valence electrons. The van der Waals surface area contributed by atoms with Crippen molar-refractivity contribution in [2.24, 2.45) is 0 Å². The number of nitrogens with one attached hydrogen (secondary N) is 1. The van der Waals surface area contributed by atoms with Crippen LogP contribution in [0.2, 0.25) is 10.0 Å². The molecule has 1 amide bonds. The maximum absolute atomic E-state index is 10.9. The third kappa shape index (κ3) is 3.78. The van der Waals surface area contributed by atoms with Gasteiger partial charge in [0.05, 0.1) is 10.0 Å². The van der Waals surface area contributed by atoms with Crippen LogP contribution < -0.4 is 5.32 Å². The fourth-order valence-electron chi connectivity index (χ4n) is 1.42. The summed E-state index contributed by atoms with van der Waals surface area (Å²) in [6, 6.07) is 1.74. The van der Waals surface area contributed by atoms with Crippen LogP contribution >= 0.6 is 23.2 Å². The van der Waals surface area contributed by atoms with E-state index in [1.807, 2.05) is 0 Å². The number of carboxylic acid groups (broad SMARTS) is 1. The van der Waals surface area contributed by atoms with Gasteiger partial charge in [-0.15, -0.1) is 0 Å². The van der Waals surface area contributed by atoms with Gasteiger partial charge in [-0.1, -0.05) is 23.2 Å². The molecule has 1 aromatic rings. The zero-order valence-corrected chi connectivity index (χ0v) is 10.9. The Hall–Kier alpha value is -1.46. The minimum Gasteiger partial charge on any atom is -0.505 e. The Bertz CT molecular complexity index is 467. The summed E-state index contributed by atoms with van der Waals surface area (Å²) < 4.78 is 0. The van der Waals surface area contributed by atoms with E-state index in [-0.39, 0.29) is 22.2 Å². The lowest BCUT2D eigenvalue weighted by atomic mass is 10.1. The molecule has 0 unspecified atom stereocenters. The molecule has 18 heavy (non-hydrogen) atoms. The number of carbonyl (C=O) groups is 2. The molecule has 0 bridgehead atoms. The van der Waals surface area contributed by atoms with E-state index in [0.717, 1.165) is 0 Å². The van der Waals surface area contributed by atoms with Gasteiger partial charge in [0.25, 0.3) is 0 Å². The lowest BCUT2D eigenvalue weighted by Crippen LogP contribution is -2.41. The van der Waals surface area contributed by atoms with Crippen LogP contribution in [0.5, 0.6) is 5.75 Å². The van der Waals surface area contributed by atoms with Crippen molar-refractivity contribution in [3.63, 3.8) is 0 Å². The Balaban J connectivity index is 2.94. The zero-order valence-electron chi connectivity index (χ0n) is 9.41. The first-order valence-electron chi connectivity index (χ1n) is 4.98. The molecule has 1 rings (SSSR count). The van der Waals surface area contributed by atoms with Gasteiger partial charge in [0, 0.05) is 13.3 Å². The van der Waals surface area contributed by atoms with Crippen LogP contribution in [0.1, 0.15) is 12.5 Å². The van der Waals surface area contributed by atoms with Gasteiger partial charge in [0.2, 0.25) is 5.91 Å². The highest BCUT2D eigenvalue weighted by Gasteiger charge is 2.20. The van der Waals surface area contributed by atoms with Crippen LogP contribution in [0, 0.1) is 0 Å². The van der Waals surface area contributed by atoms with E-state index in [2.05, 4.69) is 5.32 Å². The predicted molar refractivity (Wildman–Crippen MR) is 67.1 cm³/mol. The standard InChI is InChI=1S/C11H11Cl2NO4/c1-5(15)14-9(11(17)18)4-6-2-7(12)10(16)8(13)3-6/h2-3,9,16H,4H2,1H3,(H,14,15)(H,17,18)/t9-/m0/s1. The molecule has 0 aliphatic rings. The fourth-order valence-corrected chi connectivity index (χ4v) is 1.95. The topological polar surface area (TPSA) is 86.6 Å². The third-order valence-corrected chi connectivity index (χ3v) is 2.77. The summed E-state index contributed by atoms with van der Waals surface area (Å²) in [6.45, 7) is 1.23. The van der Waals surface area contributed by atoms with Gasteiger partial charge in [-0.3, -0.25) is 4.79 Å². The summed E-state index contributed by atoms with van der Waals surface area (Å²) in [5, 5.41) is 20.7. The molecule has 1 aromatic carbocycles. The number of phenolic OH excluding ortho intramolecular Hbond substituents is 1. The van der Waals surface area contributed by atoms with E-state index in [4.69, 9.17) is 28.3 Å². The summed E-state index contributed by atoms with van der Waals surface area (Å²) in [5.41, 5.74) is 0.504. The molecule has 0 heterocycles. The van der Waals surface area contributed by atoms with Crippen LogP contribution in [-0.2, 0) is 16.0 Å². The van der Waals surface area contributed by atoms with Gasteiger partial charge >= 0.3 is 5.97 Å². The van der Waals surface area contributed by atoms with Gasteiger partial charge in [-0.05, 0) is 17.7 Å². The minimum absolute atomic E-state index is 0.0225. The monoisotopic (exact) mass is 291 g/mol. The molecule has 7 heteroatoms. The van der Waals surface area contributed by atoms with E-state index in [0.29, 0.717) is 5.56 Å². The molecule has 0 aliphatic carbocycles. The second-order valence-electron chi connectivity index (χ2n) is 3.70. The average molecular weight is 292 g/mol. The summed E-state index contributed by atoms with van der Waals surface area (Å²) in [4.78, 5) is 21.8. The van der Waals surface area contributed by atoms with Gasteiger partial charge in [0.15, 0.2) is 5.75 Å².